The zero-order valence-corrected chi connectivity index (χ0v) is 12.5. The highest BCUT2D eigenvalue weighted by atomic mass is 16.5. The van der Waals surface area contributed by atoms with Crippen LogP contribution in [-0.2, 0) is 4.79 Å². The van der Waals surface area contributed by atoms with Crippen molar-refractivity contribution in [2.75, 3.05) is 13.7 Å². The molecule has 0 spiro atoms. The topological polar surface area (TPSA) is 29.5 Å². The molecule has 1 aromatic rings. The van der Waals surface area contributed by atoms with Crippen molar-refractivity contribution in [3.05, 3.63) is 29.8 Å². The van der Waals surface area contributed by atoms with Crippen LogP contribution in [0.3, 0.4) is 0 Å². The van der Waals surface area contributed by atoms with E-state index < -0.39 is 0 Å². The summed E-state index contributed by atoms with van der Waals surface area (Å²) in [6.45, 7) is 6.79. The Balaban J connectivity index is 2.26. The normalized spacial score (nSPS) is 12.0. The molecule has 0 aliphatic rings. The minimum atomic E-state index is 0.196. The Morgan fingerprint density at radius 1 is 1.42 bits per heavy atom. The van der Waals surface area contributed by atoms with Gasteiger partial charge in [-0.1, -0.05) is 19.1 Å². The number of ether oxygens (including phenoxy) is 1. The van der Waals surface area contributed by atoms with Gasteiger partial charge in [0.1, 0.15) is 5.75 Å². The van der Waals surface area contributed by atoms with Gasteiger partial charge in [-0.25, -0.2) is 0 Å². The zero-order chi connectivity index (χ0) is 14.3. The van der Waals surface area contributed by atoms with Gasteiger partial charge in [0.25, 0.3) is 0 Å². The predicted molar refractivity (Wildman–Crippen MR) is 78.4 cm³/mol. The second kappa shape index (κ2) is 7.82. The average molecular weight is 263 g/mol. The van der Waals surface area contributed by atoms with E-state index in [-0.39, 0.29) is 5.91 Å². The molecule has 0 aliphatic carbocycles. The second-order valence-electron chi connectivity index (χ2n) is 5.03. The number of carbonyl (C=O) groups is 1. The molecule has 0 fully saturated rings. The highest BCUT2D eigenvalue weighted by molar-refractivity contribution is 5.76. The Morgan fingerprint density at radius 3 is 2.79 bits per heavy atom. The summed E-state index contributed by atoms with van der Waals surface area (Å²) in [4.78, 5) is 13.7. The molecular weight excluding hydrogens is 238 g/mol. The van der Waals surface area contributed by atoms with Crippen molar-refractivity contribution in [1.29, 1.82) is 0 Å². The lowest BCUT2D eigenvalue weighted by Gasteiger charge is -2.23. The van der Waals surface area contributed by atoms with Crippen LogP contribution in [0.15, 0.2) is 24.3 Å². The van der Waals surface area contributed by atoms with Crippen molar-refractivity contribution >= 4 is 5.91 Å². The van der Waals surface area contributed by atoms with E-state index in [0.29, 0.717) is 19.1 Å². The molecule has 1 rings (SSSR count). The number of hydrogen-bond donors (Lipinski definition) is 0. The first kappa shape index (κ1) is 15.5. The Morgan fingerprint density at radius 2 is 2.16 bits per heavy atom. The molecule has 0 saturated carbocycles. The summed E-state index contributed by atoms with van der Waals surface area (Å²) in [5.41, 5.74) is 1.19. The van der Waals surface area contributed by atoms with Crippen LogP contribution in [0, 0.1) is 6.92 Å². The number of rotatable bonds is 7. The number of aryl methyl sites for hydroxylation is 1. The number of carbonyl (C=O) groups excluding carboxylic acids is 1. The fourth-order valence-electron chi connectivity index (χ4n) is 1.81. The quantitative estimate of drug-likeness (QED) is 0.706. The maximum atomic E-state index is 11.9. The Kier molecular flexibility index (Phi) is 6.40. The van der Waals surface area contributed by atoms with Gasteiger partial charge in [0.2, 0.25) is 5.91 Å². The highest BCUT2D eigenvalue weighted by Crippen LogP contribution is 2.13. The molecule has 0 bridgehead atoms. The number of benzene rings is 1. The van der Waals surface area contributed by atoms with Crippen molar-refractivity contribution in [2.24, 2.45) is 0 Å². The van der Waals surface area contributed by atoms with Gasteiger partial charge in [-0.05, 0) is 44.4 Å². The van der Waals surface area contributed by atoms with Gasteiger partial charge in [-0.2, -0.15) is 0 Å². The average Bonchev–Trinajstić information content (AvgIpc) is 2.41. The SMILES string of the molecule is CCC(C)N(C)C(=O)CCCOc1cccc(C)c1. The van der Waals surface area contributed by atoms with Crippen LogP contribution in [0.25, 0.3) is 0 Å². The van der Waals surface area contributed by atoms with Gasteiger partial charge >= 0.3 is 0 Å². The van der Waals surface area contributed by atoms with Crippen LogP contribution in [-0.4, -0.2) is 30.5 Å². The Hall–Kier alpha value is -1.51. The van der Waals surface area contributed by atoms with E-state index in [2.05, 4.69) is 13.8 Å². The van der Waals surface area contributed by atoms with Crippen molar-refractivity contribution in [3.63, 3.8) is 0 Å². The van der Waals surface area contributed by atoms with Gasteiger partial charge in [-0.3, -0.25) is 4.79 Å². The third-order valence-electron chi connectivity index (χ3n) is 3.44. The Bertz CT molecular complexity index is 403. The first-order valence-corrected chi connectivity index (χ1v) is 6.99. The molecule has 0 radical (unpaired) electrons. The summed E-state index contributed by atoms with van der Waals surface area (Å²) in [6.07, 6.45) is 2.29. The molecule has 1 amide bonds. The predicted octanol–water partition coefficient (Wildman–Crippen LogP) is 3.41. The summed E-state index contributed by atoms with van der Waals surface area (Å²) in [7, 11) is 1.87. The summed E-state index contributed by atoms with van der Waals surface area (Å²) in [6, 6.07) is 8.28. The second-order valence-corrected chi connectivity index (χ2v) is 5.03. The first-order chi connectivity index (χ1) is 9.04. The molecule has 3 heteroatoms. The summed E-state index contributed by atoms with van der Waals surface area (Å²) < 4.78 is 5.63. The van der Waals surface area contributed by atoms with Crippen molar-refractivity contribution in [1.82, 2.24) is 4.90 Å². The molecule has 0 heterocycles. The maximum Gasteiger partial charge on any atom is 0.222 e. The molecule has 1 aromatic carbocycles. The molecule has 1 atom stereocenters. The monoisotopic (exact) mass is 263 g/mol. The Labute approximate surface area is 116 Å². The van der Waals surface area contributed by atoms with Crippen LogP contribution in [0.4, 0.5) is 0 Å². The molecule has 0 N–H and O–H groups in total. The third-order valence-corrected chi connectivity index (χ3v) is 3.44. The number of nitrogens with zero attached hydrogens (tertiary/aromatic N) is 1. The van der Waals surface area contributed by atoms with Crippen LogP contribution in [0.2, 0.25) is 0 Å². The summed E-state index contributed by atoms with van der Waals surface area (Å²) in [5.74, 6) is 1.07. The molecule has 0 saturated heterocycles. The van der Waals surface area contributed by atoms with E-state index in [1.54, 1.807) is 0 Å². The smallest absolute Gasteiger partial charge is 0.222 e. The van der Waals surface area contributed by atoms with Crippen LogP contribution >= 0.6 is 0 Å². The summed E-state index contributed by atoms with van der Waals surface area (Å²) >= 11 is 0. The van der Waals surface area contributed by atoms with Gasteiger partial charge in [0.05, 0.1) is 6.61 Å². The van der Waals surface area contributed by atoms with Gasteiger partial charge in [-0.15, -0.1) is 0 Å². The maximum absolute atomic E-state index is 11.9. The van der Waals surface area contributed by atoms with E-state index in [0.717, 1.165) is 18.6 Å². The van der Waals surface area contributed by atoms with Gasteiger partial charge < -0.3 is 9.64 Å². The van der Waals surface area contributed by atoms with Crippen LogP contribution in [0.1, 0.15) is 38.7 Å². The number of hydrogen-bond acceptors (Lipinski definition) is 2. The lowest BCUT2D eigenvalue weighted by atomic mass is 10.2. The van der Waals surface area contributed by atoms with E-state index in [1.165, 1.54) is 5.56 Å². The largest absolute Gasteiger partial charge is 0.494 e. The van der Waals surface area contributed by atoms with E-state index in [1.807, 2.05) is 43.1 Å². The minimum absolute atomic E-state index is 0.196. The van der Waals surface area contributed by atoms with Crippen molar-refractivity contribution in [3.8, 4) is 5.75 Å². The molecule has 19 heavy (non-hydrogen) atoms. The van der Waals surface area contributed by atoms with Crippen LogP contribution < -0.4 is 4.74 Å². The fraction of sp³-hybridized carbons (Fsp3) is 0.562. The lowest BCUT2D eigenvalue weighted by molar-refractivity contribution is -0.131. The zero-order valence-electron chi connectivity index (χ0n) is 12.5. The van der Waals surface area contributed by atoms with Crippen LogP contribution in [0.5, 0.6) is 5.75 Å². The molecular formula is C16H25NO2. The third kappa shape index (κ3) is 5.33. The summed E-state index contributed by atoms with van der Waals surface area (Å²) in [5, 5.41) is 0. The minimum Gasteiger partial charge on any atom is -0.494 e. The standard InChI is InChI=1S/C16H25NO2/c1-5-14(3)17(4)16(18)10-7-11-19-15-9-6-8-13(2)12-15/h6,8-9,12,14H,5,7,10-11H2,1-4H3. The lowest BCUT2D eigenvalue weighted by Crippen LogP contribution is -2.34. The molecule has 1 unspecified atom stereocenters. The van der Waals surface area contributed by atoms with Crippen molar-refractivity contribution in [2.45, 2.75) is 46.1 Å². The fourth-order valence-corrected chi connectivity index (χ4v) is 1.81. The van der Waals surface area contributed by atoms with Gasteiger partial charge in [0.15, 0.2) is 0 Å². The van der Waals surface area contributed by atoms with E-state index in [4.69, 9.17) is 4.74 Å². The highest BCUT2D eigenvalue weighted by Gasteiger charge is 2.13. The first-order valence-electron chi connectivity index (χ1n) is 6.99. The van der Waals surface area contributed by atoms with Gasteiger partial charge in [0, 0.05) is 19.5 Å². The van der Waals surface area contributed by atoms with E-state index >= 15 is 0 Å². The van der Waals surface area contributed by atoms with E-state index in [9.17, 15) is 4.79 Å². The number of amides is 1. The molecule has 0 aromatic heterocycles. The van der Waals surface area contributed by atoms with Crippen molar-refractivity contribution < 1.29 is 9.53 Å². The molecule has 106 valence electrons. The molecule has 0 aliphatic heterocycles. The molecule has 3 nitrogen and oxygen atoms in total.